The zero-order chi connectivity index (χ0) is 12.5. The fourth-order valence-corrected chi connectivity index (χ4v) is 1.73. The van der Waals surface area contributed by atoms with Gasteiger partial charge in [-0.15, -0.1) is 0 Å². The van der Waals surface area contributed by atoms with Crippen molar-refractivity contribution in [2.45, 2.75) is 46.1 Å². The Bertz CT molecular complexity index is 298. The van der Waals surface area contributed by atoms with E-state index >= 15 is 0 Å². The van der Waals surface area contributed by atoms with Crippen molar-refractivity contribution < 1.29 is 4.74 Å². The maximum atomic E-state index is 5.75. The van der Waals surface area contributed by atoms with Crippen LogP contribution in [0.3, 0.4) is 0 Å². The van der Waals surface area contributed by atoms with Crippen molar-refractivity contribution in [3.63, 3.8) is 0 Å². The second-order valence-electron chi connectivity index (χ2n) is 4.42. The van der Waals surface area contributed by atoms with Crippen LogP contribution in [0.2, 0.25) is 0 Å². The van der Waals surface area contributed by atoms with Crippen LogP contribution in [0.25, 0.3) is 0 Å². The van der Waals surface area contributed by atoms with Crippen LogP contribution in [0.1, 0.15) is 45.2 Å². The monoisotopic (exact) mass is 236 g/mol. The average molecular weight is 236 g/mol. The van der Waals surface area contributed by atoms with E-state index < -0.39 is 0 Å². The maximum absolute atomic E-state index is 5.75. The van der Waals surface area contributed by atoms with Crippen molar-refractivity contribution in [2.24, 2.45) is 11.7 Å². The summed E-state index contributed by atoms with van der Waals surface area (Å²) in [5.74, 6) is 1.50. The van der Waals surface area contributed by atoms with E-state index in [0.29, 0.717) is 12.5 Å². The van der Waals surface area contributed by atoms with Crippen molar-refractivity contribution in [1.29, 1.82) is 0 Å². The molecule has 1 rings (SSSR count). The molecule has 0 aromatic carbocycles. The molecule has 0 spiro atoms. The van der Waals surface area contributed by atoms with E-state index in [1.54, 1.807) is 6.20 Å². The van der Waals surface area contributed by atoms with E-state index in [-0.39, 0.29) is 0 Å². The summed E-state index contributed by atoms with van der Waals surface area (Å²) >= 11 is 0. The molecule has 96 valence electrons. The largest absolute Gasteiger partial charge is 0.492 e. The average Bonchev–Trinajstić information content (AvgIpc) is 2.39. The summed E-state index contributed by atoms with van der Waals surface area (Å²) in [7, 11) is 0. The SMILES string of the molecule is CCCCC(CC)COc1ccc(CN)nc1. The summed E-state index contributed by atoms with van der Waals surface area (Å²) in [5.41, 5.74) is 6.39. The Kier molecular flexibility index (Phi) is 6.63. The van der Waals surface area contributed by atoms with Crippen molar-refractivity contribution in [2.75, 3.05) is 6.61 Å². The Morgan fingerprint density at radius 1 is 1.35 bits per heavy atom. The molecule has 0 radical (unpaired) electrons. The summed E-state index contributed by atoms with van der Waals surface area (Å²) < 4.78 is 5.75. The summed E-state index contributed by atoms with van der Waals surface area (Å²) in [6.07, 6.45) is 6.72. The van der Waals surface area contributed by atoms with E-state index in [1.807, 2.05) is 12.1 Å². The molecule has 0 fully saturated rings. The van der Waals surface area contributed by atoms with Gasteiger partial charge in [-0.1, -0.05) is 33.1 Å². The fourth-order valence-electron chi connectivity index (χ4n) is 1.73. The highest BCUT2D eigenvalue weighted by atomic mass is 16.5. The zero-order valence-corrected chi connectivity index (χ0v) is 11.0. The lowest BCUT2D eigenvalue weighted by Gasteiger charge is -2.15. The van der Waals surface area contributed by atoms with Gasteiger partial charge in [0.05, 0.1) is 18.5 Å². The molecule has 2 N–H and O–H groups in total. The molecular weight excluding hydrogens is 212 g/mol. The van der Waals surface area contributed by atoms with E-state index in [4.69, 9.17) is 10.5 Å². The molecule has 0 saturated carbocycles. The molecule has 0 amide bonds. The third kappa shape index (κ3) is 5.18. The minimum Gasteiger partial charge on any atom is -0.492 e. The Morgan fingerprint density at radius 2 is 2.18 bits per heavy atom. The fraction of sp³-hybridized carbons (Fsp3) is 0.643. The van der Waals surface area contributed by atoms with Crippen LogP contribution >= 0.6 is 0 Å². The second-order valence-corrected chi connectivity index (χ2v) is 4.42. The molecule has 1 aromatic rings. The van der Waals surface area contributed by atoms with Crippen LogP contribution in [-0.4, -0.2) is 11.6 Å². The van der Waals surface area contributed by atoms with Gasteiger partial charge in [0.25, 0.3) is 0 Å². The molecule has 1 unspecified atom stereocenters. The zero-order valence-electron chi connectivity index (χ0n) is 11.0. The number of ether oxygens (including phenoxy) is 1. The number of pyridine rings is 1. The van der Waals surface area contributed by atoms with Gasteiger partial charge in [-0.25, -0.2) is 0 Å². The molecule has 0 saturated heterocycles. The number of unbranched alkanes of at least 4 members (excludes halogenated alkanes) is 1. The highest BCUT2D eigenvalue weighted by Gasteiger charge is 2.06. The van der Waals surface area contributed by atoms with Crippen LogP contribution in [-0.2, 0) is 6.54 Å². The predicted molar refractivity (Wildman–Crippen MR) is 70.9 cm³/mol. The highest BCUT2D eigenvalue weighted by Crippen LogP contribution is 2.16. The third-order valence-electron chi connectivity index (χ3n) is 3.04. The van der Waals surface area contributed by atoms with Crippen molar-refractivity contribution in [3.05, 3.63) is 24.0 Å². The van der Waals surface area contributed by atoms with E-state index in [9.17, 15) is 0 Å². The first kappa shape index (κ1) is 14.0. The number of hydrogen-bond donors (Lipinski definition) is 1. The topological polar surface area (TPSA) is 48.1 Å². The van der Waals surface area contributed by atoms with E-state index in [2.05, 4.69) is 18.8 Å². The lowest BCUT2D eigenvalue weighted by molar-refractivity contribution is 0.232. The number of hydrogen-bond acceptors (Lipinski definition) is 3. The van der Waals surface area contributed by atoms with Gasteiger partial charge in [0, 0.05) is 6.54 Å². The number of rotatable bonds is 8. The molecule has 1 heterocycles. The van der Waals surface area contributed by atoms with Gasteiger partial charge in [-0.2, -0.15) is 0 Å². The molecule has 17 heavy (non-hydrogen) atoms. The summed E-state index contributed by atoms with van der Waals surface area (Å²) in [4.78, 5) is 4.21. The van der Waals surface area contributed by atoms with Gasteiger partial charge < -0.3 is 10.5 Å². The first-order valence-electron chi connectivity index (χ1n) is 6.57. The number of nitrogens with zero attached hydrogens (tertiary/aromatic N) is 1. The standard InChI is InChI=1S/C14H24N2O/c1-3-5-6-12(4-2)11-17-14-8-7-13(9-15)16-10-14/h7-8,10,12H,3-6,9,11,15H2,1-2H3. The summed E-state index contributed by atoms with van der Waals surface area (Å²) in [5, 5.41) is 0. The molecule has 3 nitrogen and oxygen atoms in total. The van der Waals surface area contributed by atoms with E-state index in [0.717, 1.165) is 18.1 Å². The number of nitrogens with two attached hydrogens (primary N) is 1. The summed E-state index contributed by atoms with van der Waals surface area (Å²) in [6, 6.07) is 3.87. The van der Waals surface area contributed by atoms with Gasteiger partial charge >= 0.3 is 0 Å². The molecule has 0 aliphatic rings. The minimum absolute atomic E-state index is 0.481. The van der Waals surface area contributed by atoms with Crippen LogP contribution in [0.4, 0.5) is 0 Å². The normalized spacial score (nSPS) is 12.4. The van der Waals surface area contributed by atoms with Gasteiger partial charge in [0.15, 0.2) is 0 Å². The van der Waals surface area contributed by atoms with Gasteiger partial charge in [0.2, 0.25) is 0 Å². The predicted octanol–water partition coefficient (Wildman–Crippen LogP) is 3.14. The van der Waals surface area contributed by atoms with Crippen LogP contribution in [0.5, 0.6) is 5.75 Å². The smallest absolute Gasteiger partial charge is 0.137 e. The molecule has 0 aliphatic heterocycles. The van der Waals surface area contributed by atoms with Gasteiger partial charge in [-0.05, 0) is 24.5 Å². The first-order valence-corrected chi connectivity index (χ1v) is 6.57. The second kappa shape index (κ2) is 8.07. The Balaban J connectivity index is 2.36. The van der Waals surface area contributed by atoms with Crippen LogP contribution in [0.15, 0.2) is 18.3 Å². The van der Waals surface area contributed by atoms with Crippen molar-refractivity contribution in [1.82, 2.24) is 4.98 Å². The quantitative estimate of drug-likeness (QED) is 0.754. The molecule has 0 aliphatic carbocycles. The highest BCUT2D eigenvalue weighted by molar-refractivity contribution is 5.19. The lowest BCUT2D eigenvalue weighted by Crippen LogP contribution is -2.11. The Hall–Kier alpha value is -1.09. The van der Waals surface area contributed by atoms with Gasteiger partial charge in [-0.3, -0.25) is 4.98 Å². The third-order valence-corrected chi connectivity index (χ3v) is 3.04. The lowest BCUT2D eigenvalue weighted by atomic mass is 10.0. The van der Waals surface area contributed by atoms with Crippen LogP contribution in [0, 0.1) is 5.92 Å². The molecule has 3 heteroatoms. The molecule has 1 atom stereocenters. The first-order chi connectivity index (χ1) is 8.30. The minimum atomic E-state index is 0.481. The molecule has 1 aromatic heterocycles. The van der Waals surface area contributed by atoms with Gasteiger partial charge in [0.1, 0.15) is 5.75 Å². The van der Waals surface area contributed by atoms with Crippen molar-refractivity contribution in [3.8, 4) is 5.75 Å². The van der Waals surface area contributed by atoms with Crippen molar-refractivity contribution >= 4 is 0 Å². The molecular formula is C14H24N2O. The summed E-state index contributed by atoms with van der Waals surface area (Å²) in [6.45, 7) is 5.72. The molecule has 0 bridgehead atoms. The Labute approximate surface area is 104 Å². The van der Waals surface area contributed by atoms with E-state index in [1.165, 1.54) is 25.7 Å². The maximum Gasteiger partial charge on any atom is 0.137 e. The Morgan fingerprint density at radius 3 is 2.71 bits per heavy atom. The number of aromatic nitrogens is 1. The van der Waals surface area contributed by atoms with Crippen LogP contribution < -0.4 is 10.5 Å².